The molecule has 1 fully saturated rings. The lowest BCUT2D eigenvalue weighted by atomic mass is 9.90. The molecule has 6 nitrogen and oxygen atoms in total. The first-order valence-electron chi connectivity index (χ1n) is 9.71. The number of para-hydroxylation sites is 1. The van der Waals surface area contributed by atoms with Crippen LogP contribution in [-0.2, 0) is 6.18 Å². The topological polar surface area (TPSA) is 79.8 Å². The van der Waals surface area contributed by atoms with Crippen LogP contribution in [0.3, 0.4) is 0 Å². The number of carbonyl (C=O) groups excluding carboxylic acids is 1. The van der Waals surface area contributed by atoms with Crippen molar-refractivity contribution in [1.29, 1.82) is 0 Å². The van der Waals surface area contributed by atoms with Gasteiger partial charge in [-0.2, -0.15) is 23.4 Å². The van der Waals surface area contributed by atoms with E-state index in [9.17, 15) is 18.0 Å². The van der Waals surface area contributed by atoms with Gasteiger partial charge >= 0.3 is 6.18 Å². The van der Waals surface area contributed by atoms with Crippen molar-refractivity contribution >= 4 is 22.5 Å². The maximum Gasteiger partial charge on any atom is 0.433 e. The van der Waals surface area contributed by atoms with E-state index in [0.29, 0.717) is 22.2 Å². The zero-order valence-corrected chi connectivity index (χ0v) is 16.0. The Morgan fingerprint density at radius 3 is 2.43 bits per heavy atom. The molecule has 1 aliphatic rings. The molecule has 3 aromatic rings. The average molecular weight is 415 g/mol. The highest BCUT2D eigenvalue weighted by Crippen LogP contribution is 2.34. The Morgan fingerprint density at radius 2 is 1.73 bits per heavy atom. The number of aromatic nitrogens is 3. The van der Waals surface area contributed by atoms with Crippen LogP contribution in [0.15, 0.2) is 48.8 Å². The molecule has 0 radical (unpaired) electrons. The third kappa shape index (κ3) is 4.50. The number of hydrogen-bond donors (Lipinski definition) is 2. The summed E-state index contributed by atoms with van der Waals surface area (Å²) in [5.41, 5.74) is 0.286. The Balaban J connectivity index is 1.43. The predicted molar refractivity (Wildman–Crippen MR) is 106 cm³/mol. The largest absolute Gasteiger partial charge is 0.433 e. The van der Waals surface area contributed by atoms with Crippen molar-refractivity contribution in [2.45, 2.75) is 43.9 Å². The highest BCUT2D eigenvalue weighted by atomic mass is 19.4. The fourth-order valence-corrected chi connectivity index (χ4v) is 3.74. The van der Waals surface area contributed by atoms with E-state index in [0.717, 1.165) is 31.7 Å². The van der Waals surface area contributed by atoms with Crippen molar-refractivity contribution in [1.82, 2.24) is 20.5 Å². The third-order valence-electron chi connectivity index (χ3n) is 5.28. The van der Waals surface area contributed by atoms with Crippen LogP contribution in [-0.4, -0.2) is 33.2 Å². The maximum atomic E-state index is 13.2. The molecule has 0 saturated heterocycles. The number of halogens is 3. The molecule has 0 spiro atoms. The van der Waals surface area contributed by atoms with Gasteiger partial charge in [-0.1, -0.05) is 18.2 Å². The molecule has 30 heavy (non-hydrogen) atoms. The zero-order chi connectivity index (χ0) is 21.1. The van der Waals surface area contributed by atoms with Gasteiger partial charge in [0.25, 0.3) is 5.91 Å². The lowest BCUT2D eigenvalue weighted by Gasteiger charge is -2.30. The van der Waals surface area contributed by atoms with E-state index in [4.69, 9.17) is 0 Å². The number of rotatable bonds is 4. The molecule has 0 aliphatic heterocycles. The molecular formula is C21H20F3N5O. The Hall–Kier alpha value is -3.23. The van der Waals surface area contributed by atoms with Crippen molar-refractivity contribution in [3.8, 4) is 0 Å². The van der Waals surface area contributed by atoms with E-state index in [1.165, 1.54) is 12.4 Å². The van der Waals surface area contributed by atoms with Gasteiger partial charge in [0, 0.05) is 23.2 Å². The second-order valence-corrected chi connectivity index (χ2v) is 7.37. The summed E-state index contributed by atoms with van der Waals surface area (Å²) in [5.74, 6) is -0.198. The Labute approximate surface area is 170 Å². The summed E-state index contributed by atoms with van der Waals surface area (Å²) >= 11 is 0. The molecule has 1 aliphatic carbocycles. The van der Waals surface area contributed by atoms with Crippen LogP contribution in [0.4, 0.5) is 18.9 Å². The minimum absolute atomic E-state index is 0.0173. The van der Waals surface area contributed by atoms with Gasteiger partial charge in [-0.15, -0.1) is 0 Å². The number of nitrogens with one attached hydrogen (secondary N) is 2. The number of amides is 1. The van der Waals surface area contributed by atoms with Crippen molar-refractivity contribution in [3.05, 3.63) is 60.0 Å². The summed E-state index contributed by atoms with van der Waals surface area (Å²) in [4.78, 5) is 16.0. The number of anilines is 1. The number of pyridine rings is 1. The lowest BCUT2D eigenvalue weighted by molar-refractivity contribution is -0.140. The van der Waals surface area contributed by atoms with Gasteiger partial charge in [0.2, 0.25) is 0 Å². The predicted octanol–water partition coefficient (Wildman–Crippen LogP) is 4.20. The first-order valence-corrected chi connectivity index (χ1v) is 9.71. The van der Waals surface area contributed by atoms with E-state index in [1.54, 1.807) is 30.3 Å². The Bertz CT molecular complexity index is 1030. The smallest absolute Gasteiger partial charge is 0.382 e. The number of hydrogen-bond acceptors (Lipinski definition) is 5. The summed E-state index contributed by atoms with van der Waals surface area (Å²) in [6.45, 7) is 0. The van der Waals surface area contributed by atoms with E-state index in [1.807, 2.05) is 0 Å². The molecule has 0 bridgehead atoms. The monoisotopic (exact) mass is 415 g/mol. The van der Waals surface area contributed by atoms with Crippen LogP contribution >= 0.6 is 0 Å². The molecule has 0 atom stereocenters. The molecule has 2 heterocycles. The van der Waals surface area contributed by atoms with Crippen molar-refractivity contribution in [3.63, 3.8) is 0 Å². The van der Waals surface area contributed by atoms with Crippen LogP contribution in [0.1, 0.15) is 41.7 Å². The van der Waals surface area contributed by atoms with Gasteiger partial charge in [-0.05, 0) is 43.9 Å². The molecule has 1 amide bonds. The quantitative estimate of drug-likeness (QED) is 0.668. The molecule has 2 aromatic heterocycles. The van der Waals surface area contributed by atoms with Gasteiger partial charge in [-0.3, -0.25) is 4.79 Å². The first-order chi connectivity index (χ1) is 14.4. The van der Waals surface area contributed by atoms with Crippen LogP contribution in [0.25, 0.3) is 10.9 Å². The average Bonchev–Trinajstić information content (AvgIpc) is 2.75. The Morgan fingerprint density at radius 1 is 1.00 bits per heavy atom. The van der Waals surface area contributed by atoms with Gasteiger partial charge in [0.15, 0.2) is 0 Å². The van der Waals surface area contributed by atoms with Gasteiger partial charge in [-0.25, -0.2) is 4.98 Å². The second kappa shape index (κ2) is 8.25. The standard InChI is InChI=1S/C21H20F3N5O/c22-21(23,24)19-11-18(16-3-1-2-4-17(16)29-19)27-14-5-7-15(8-6-14)28-20(30)13-9-10-25-26-12-13/h1-4,9-12,14-15H,5-8H2,(H,27,29)(H,28,30)/t14-,15+. The summed E-state index contributed by atoms with van der Waals surface area (Å²) in [6.07, 6.45) is 1.30. The third-order valence-corrected chi connectivity index (χ3v) is 5.28. The second-order valence-electron chi connectivity index (χ2n) is 7.37. The van der Waals surface area contributed by atoms with E-state index in [-0.39, 0.29) is 18.0 Å². The summed E-state index contributed by atoms with van der Waals surface area (Å²) in [6, 6.07) is 9.51. The normalized spacial score (nSPS) is 19.4. The lowest BCUT2D eigenvalue weighted by Crippen LogP contribution is -2.40. The molecule has 4 rings (SSSR count). The van der Waals surface area contributed by atoms with Gasteiger partial charge in [0.1, 0.15) is 5.69 Å². The number of alkyl halides is 3. The van der Waals surface area contributed by atoms with E-state index >= 15 is 0 Å². The Kier molecular flexibility index (Phi) is 5.52. The highest BCUT2D eigenvalue weighted by Gasteiger charge is 2.33. The van der Waals surface area contributed by atoms with Crippen LogP contribution in [0, 0.1) is 0 Å². The van der Waals surface area contributed by atoms with Crippen LogP contribution < -0.4 is 10.6 Å². The highest BCUT2D eigenvalue weighted by molar-refractivity contribution is 5.94. The molecule has 1 saturated carbocycles. The van der Waals surface area contributed by atoms with Crippen LogP contribution in [0.2, 0.25) is 0 Å². The molecule has 9 heteroatoms. The zero-order valence-electron chi connectivity index (χ0n) is 16.0. The number of nitrogens with zero attached hydrogens (tertiary/aromatic N) is 3. The van der Waals surface area contributed by atoms with E-state index in [2.05, 4.69) is 25.8 Å². The van der Waals surface area contributed by atoms with Gasteiger partial charge < -0.3 is 10.6 Å². The van der Waals surface area contributed by atoms with Gasteiger partial charge in [0.05, 0.1) is 23.5 Å². The molecular weight excluding hydrogens is 395 g/mol. The fraction of sp³-hybridized carbons (Fsp3) is 0.333. The molecule has 1 aromatic carbocycles. The number of carbonyl (C=O) groups is 1. The molecule has 0 unspecified atom stereocenters. The van der Waals surface area contributed by atoms with Crippen molar-refractivity contribution in [2.24, 2.45) is 0 Å². The SMILES string of the molecule is O=C(N[C@H]1CC[C@@H](Nc2cc(C(F)(F)F)nc3ccccc23)CC1)c1ccnnc1. The minimum atomic E-state index is -4.51. The number of benzene rings is 1. The van der Waals surface area contributed by atoms with Crippen molar-refractivity contribution in [2.75, 3.05) is 5.32 Å². The van der Waals surface area contributed by atoms with Crippen LogP contribution in [0.5, 0.6) is 0 Å². The molecule has 156 valence electrons. The summed E-state index contributed by atoms with van der Waals surface area (Å²) in [7, 11) is 0. The maximum absolute atomic E-state index is 13.2. The fourth-order valence-electron chi connectivity index (χ4n) is 3.74. The first kappa shape index (κ1) is 20.1. The summed E-state index contributed by atoms with van der Waals surface area (Å²) in [5, 5.41) is 14.3. The molecule has 2 N–H and O–H groups in total. The minimum Gasteiger partial charge on any atom is -0.382 e. The van der Waals surface area contributed by atoms with E-state index < -0.39 is 11.9 Å². The number of fused-ring (bicyclic) bond motifs is 1. The summed E-state index contributed by atoms with van der Waals surface area (Å²) < 4.78 is 39.7. The van der Waals surface area contributed by atoms with Crippen molar-refractivity contribution < 1.29 is 18.0 Å².